The summed E-state index contributed by atoms with van der Waals surface area (Å²) in [6, 6.07) is 16.8. The molecule has 0 radical (unpaired) electrons. The van der Waals surface area contributed by atoms with Gasteiger partial charge >= 0.3 is 0 Å². The molecule has 2 aromatic heterocycles. The van der Waals surface area contributed by atoms with Crippen molar-refractivity contribution in [3.63, 3.8) is 0 Å². The van der Waals surface area contributed by atoms with Crippen LogP contribution in [0.15, 0.2) is 71.6 Å². The molecule has 34 heavy (non-hydrogen) atoms. The summed E-state index contributed by atoms with van der Waals surface area (Å²) in [5.74, 6) is 0.816. The quantitative estimate of drug-likeness (QED) is 0.329. The van der Waals surface area contributed by atoms with Crippen molar-refractivity contribution in [2.45, 2.75) is 25.4 Å². The average molecular weight is 457 g/mol. The largest absolute Gasteiger partial charge is 0.394 e. The van der Waals surface area contributed by atoms with Crippen molar-refractivity contribution in [3.05, 3.63) is 83.8 Å². The third-order valence-electron chi connectivity index (χ3n) is 5.85. The first kappa shape index (κ1) is 21.6. The summed E-state index contributed by atoms with van der Waals surface area (Å²) in [7, 11) is 0. The summed E-state index contributed by atoms with van der Waals surface area (Å²) in [4.78, 5) is 20.9. The van der Waals surface area contributed by atoms with Gasteiger partial charge in [0.15, 0.2) is 6.33 Å². The van der Waals surface area contributed by atoms with Crippen LogP contribution in [0.3, 0.4) is 0 Å². The number of nitrogens with one attached hydrogen (secondary N) is 3. The molecule has 172 valence electrons. The van der Waals surface area contributed by atoms with Gasteiger partial charge in [0.2, 0.25) is 0 Å². The van der Waals surface area contributed by atoms with Crippen molar-refractivity contribution >= 4 is 23.1 Å². The Morgan fingerprint density at radius 3 is 2.65 bits per heavy atom. The van der Waals surface area contributed by atoms with Crippen LogP contribution in [-0.2, 0) is 5.54 Å². The summed E-state index contributed by atoms with van der Waals surface area (Å²) in [5.41, 5.74) is 4.17. The first-order valence-electron chi connectivity index (χ1n) is 10.9. The summed E-state index contributed by atoms with van der Waals surface area (Å²) >= 11 is 0. The highest BCUT2D eigenvalue weighted by Crippen LogP contribution is 2.35. The van der Waals surface area contributed by atoms with E-state index in [1.54, 1.807) is 6.20 Å². The lowest BCUT2D eigenvalue weighted by molar-refractivity contribution is 0.0940. The van der Waals surface area contributed by atoms with Crippen LogP contribution in [0.25, 0.3) is 11.5 Å². The highest BCUT2D eigenvalue weighted by atomic mass is 16.5. The van der Waals surface area contributed by atoms with Crippen LogP contribution in [0.5, 0.6) is 0 Å². The predicted molar refractivity (Wildman–Crippen MR) is 128 cm³/mol. The van der Waals surface area contributed by atoms with E-state index in [1.807, 2.05) is 68.4 Å². The molecular weight excluding hydrogens is 432 g/mol. The van der Waals surface area contributed by atoms with E-state index in [4.69, 9.17) is 4.52 Å². The van der Waals surface area contributed by atoms with Gasteiger partial charge in [0.05, 0.1) is 29.4 Å². The van der Waals surface area contributed by atoms with Gasteiger partial charge in [0, 0.05) is 23.5 Å². The van der Waals surface area contributed by atoms with Gasteiger partial charge in [-0.15, -0.1) is 0 Å². The second-order valence-electron chi connectivity index (χ2n) is 8.62. The van der Waals surface area contributed by atoms with Gasteiger partial charge in [-0.3, -0.25) is 4.79 Å². The number of aliphatic hydroxyl groups excluding tert-OH is 1. The monoisotopic (exact) mass is 456 g/mol. The summed E-state index contributed by atoms with van der Waals surface area (Å²) in [6.07, 6.45) is 2.97. The van der Waals surface area contributed by atoms with Gasteiger partial charge in [-0.25, -0.2) is 4.98 Å². The number of rotatable bonds is 7. The number of aliphatic hydroxyl groups is 1. The van der Waals surface area contributed by atoms with Gasteiger partial charge in [0.25, 0.3) is 11.8 Å². The number of nitrogens with zero attached hydrogens (tertiary/aromatic N) is 3. The molecule has 9 heteroatoms. The van der Waals surface area contributed by atoms with Crippen LogP contribution in [0.4, 0.5) is 17.2 Å². The standard InChI is InChI=1S/C25H24N6O3/c1-25(2)19-10-16(8-9-17(19)23(33)31-25)29-22-11-20(18(12-26-22)24-27-14-28-34-24)30-21(13-32)15-6-4-3-5-7-15/h3-12,14,21,32H,13H2,1-2H3,(H,31,33)(H2,26,29,30)/t21-/m1/s1. The number of fused-ring (bicyclic) bond motifs is 1. The number of carbonyl (C=O) groups excluding carboxylic acids is 1. The summed E-state index contributed by atoms with van der Waals surface area (Å²) in [5, 5.41) is 23.4. The van der Waals surface area contributed by atoms with Crippen molar-refractivity contribution in [1.29, 1.82) is 0 Å². The Bertz CT molecular complexity index is 1320. The lowest BCUT2D eigenvalue weighted by Crippen LogP contribution is -2.32. The molecule has 1 atom stereocenters. The SMILES string of the molecule is CC1(C)NC(=O)c2ccc(Nc3cc(N[C@H](CO)c4ccccc4)c(-c4ncno4)cn3)cc21. The molecule has 5 rings (SSSR count). The van der Waals surface area contributed by atoms with Crippen molar-refractivity contribution in [3.8, 4) is 11.5 Å². The van der Waals surface area contributed by atoms with Crippen LogP contribution in [0.1, 0.15) is 41.4 Å². The van der Waals surface area contributed by atoms with E-state index in [-0.39, 0.29) is 18.6 Å². The average Bonchev–Trinajstić information content (AvgIpc) is 3.44. The van der Waals surface area contributed by atoms with Crippen molar-refractivity contribution in [2.24, 2.45) is 0 Å². The second kappa shape index (κ2) is 8.60. The third kappa shape index (κ3) is 4.08. The Balaban J connectivity index is 1.48. The van der Waals surface area contributed by atoms with Crippen molar-refractivity contribution < 1.29 is 14.4 Å². The molecule has 2 aromatic carbocycles. The van der Waals surface area contributed by atoms with Gasteiger partial charge < -0.3 is 25.6 Å². The Kier molecular flexibility index (Phi) is 5.46. The number of aromatic nitrogens is 3. The molecule has 0 saturated carbocycles. The van der Waals surface area contributed by atoms with Crippen LogP contribution in [0, 0.1) is 0 Å². The first-order valence-corrected chi connectivity index (χ1v) is 10.9. The number of benzene rings is 2. The molecule has 1 aliphatic heterocycles. The van der Waals surface area contributed by atoms with Gasteiger partial charge in [0.1, 0.15) is 5.82 Å². The van der Waals surface area contributed by atoms with Crippen LogP contribution >= 0.6 is 0 Å². The number of hydrogen-bond acceptors (Lipinski definition) is 8. The lowest BCUT2D eigenvalue weighted by atomic mass is 9.94. The lowest BCUT2D eigenvalue weighted by Gasteiger charge is -2.21. The van der Waals surface area contributed by atoms with E-state index in [0.29, 0.717) is 28.5 Å². The van der Waals surface area contributed by atoms with E-state index < -0.39 is 5.54 Å². The molecule has 0 unspecified atom stereocenters. The van der Waals surface area contributed by atoms with E-state index in [1.165, 1.54) is 6.33 Å². The molecule has 9 nitrogen and oxygen atoms in total. The molecule has 0 bridgehead atoms. The fraction of sp³-hybridized carbons (Fsp3) is 0.200. The Labute approximate surface area is 196 Å². The smallest absolute Gasteiger partial charge is 0.261 e. The molecular formula is C25H24N6O3. The molecule has 4 N–H and O–H groups in total. The molecule has 4 aromatic rings. The topological polar surface area (TPSA) is 125 Å². The van der Waals surface area contributed by atoms with Crippen LogP contribution in [-0.4, -0.2) is 32.7 Å². The van der Waals surface area contributed by atoms with Gasteiger partial charge in [-0.2, -0.15) is 4.98 Å². The van der Waals surface area contributed by atoms with E-state index in [0.717, 1.165) is 16.8 Å². The fourth-order valence-corrected chi connectivity index (χ4v) is 4.12. The zero-order valence-corrected chi connectivity index (χ0v) is 18.7. The minimum Gasteiger partial charge on any atom is -0.394 e. The third-order valence-corrected chi connectivity index (χ3v) is 5.85. The molecule has 0 fully saturated rings. The number of amides is 1. The van der Waals surface area contributed by atoms with E-state index in [9.17, 15) is 9.90 Å². The Morgan fingerprint density at radius 2 is 1.91 bits per heavy atom. The Hall–Kier alpha value is -4.24. The minimum absolute atomic E-state index is 0.0731. The molecule has 3 heterocycles. The highest BCUT2D eigenvalue weighted by Gasteiger charge is 2.35. The predicted octanol–water partition coefficient (Wildman–Crippen LogP) is 4.00. The fourth-order valence-electron chi connectivity index (χ4n) is 4.12. The van der Waals surface area contributed by atoms with Crippen molar-refractivity contribution in [1.82, 2.24) is 20.4 Å². The summed E-state index contributed by atoms with van der Waals surface area (Å²) < 4.78 is 5.26. The second-order valence-corrected chi connectivity index (χ2v) is 8.62. The van der Waals surface area contributed by atoms with Crippen LogP contribution in [0.2, 0.25) is 0 Å². The minimum atomic E-state index is -0.448. The molecule has 1 aliphatic rings. The summed E-state index contributed by atoms with van der Waals surface area (Å²) in [6.45, 7) is 3.83. The zero-order chi connectivity index (χ0) is 23.7. The number of carbonyl (C=O) groups is 1. The molecule has 0 spiro atoms. The molecule has 0 saturated heterocycles. The van der Waals surface area contributed by atoms with Crippen molar-refractivity contribution in [2.75, 3.05) is 17.2 Å². The maximum absolute atomic E-state index is 12.2. The molecule has 1 amide bonds. The van der Waals surface area contributed by atoms with E-state index >= 15 is 0 Å². The highest BCUT2D eigenvalue weighted by molar-refractivity contribution is 6.00. The van der Waals surface area contributed by atoms with Gasteiger partial charge in [-0.1, -0.05) is 35.5 Å². The maximum Gasteiger partial charge on any atom is 0.261 e. The maximum atomic E-state index is 12.2. The number of hydrogen-bond donors (Lipinski definition) is 4. The molecule has 0 aliphatic carbocycles. The zero-order valence-electron chi connectivity index (χ0n) is 18.7. The van der Waals surface area contributed by atoms with Crippen LogP contribution < -0.4 is 16.0 Å². The Morgan fingerprint density at radius 1 is 1.09 bits per heavy atom. The number of anilines is 3. The van der Waals surface area contributed by atoms with E-state index in [2.05, 4.69) is 31.1 Å². The first-order chi connectivity index (χ1) is 16.4. The number of pyridine rings is 1. The van der Waals surface area contributed by atoms with Gasteiger partial charge in [-0.05, 0) is 43.2 Å². The normalized spacial score (nSPS) is 14.9.